The summed E-state index contributed by atoms with van der Waals surface area (Å²) in [7, 11) is 3.66. The molecule has 0 aliphatic heterocycles. The molecule has 1 aromatic carbocycles. The molecule has 2 rings (SSSR count). The highest BCUT2D eigenvalue weighted by Gasteiger charge is 2.16. The van der Waals surface area contributed by atoms with E-state index in [2.05, 4.69) is 10.3 Å². The van der Waals surface area contributed by atoms with E-state index in [1.165, 1.54) is 0 Å². The Kier molecular flexibility index (Phi) is 4.57. The quantitative estimate of drug-likeness (QED) is 0.713. The third-order valence-electron chi connectivity index (χ3n) is 3.19. The van der Waals surface area contributed by atoms with E-state index in [9.17, 15) is 14.7 Å². The molecule has 1 aromatic heterocycles. The Morgan fingerprint density at radius 2 is 2.05 bits per heavy atom. The van der Waals surface area contributed by atoms with E-state index in [1.807, 2.05) is 32.3 Å². The second-order valence-corrected chi connectivity index (χ2v) is 5.07. The number of aliphatic hydroxyl groups excluding tert-OH is 1. The fourth-order valence-corrected chi connectivity index (χ4v) is 1.96. The number of primary amides is 1. The number of aromatic nitrogens is 1. The van der Waals surface area contributed by atoms with Crippen LogP contribution in [0.3, 0.4) is 0 Å². The van der Waals surface area contributed by atoms with Crippen LogP contribution in [-0.2, 0) is 4.79 Å². The highest BCUT2D eigenvalue weighted by Crippen LogP contribution is 2.22. The van der Waals surface area contributed by atoms with Crippen LogP contribution < -0.4 is 16.0 Å². The third-order valence-corrected chi connectivity index (χ3v) is 3.19. The topological polar surface area (TPSA) is 109 Å². The molecule has 0 radical (unpaired) electrons. The van der Waals surface area contributed by atoms with E-state index in [-0.39, 0.29) is 6.54 Å². The van der Waals surface area contributed by atoms with Crippen molar-refractivity contribution >= 4 is 28.5 Å². The number of rotatable bonds is 5. The van der Waals surface area contributed by atoms with Crippen LogP contribution in [0.2, 0.25) is 0 Å². The fraction of sp³-hybridized carbons (Fsp3) is 0.267. The SMILES string of the molecule is CN(C)c1cc(C(=O)NC[C@@H](O)C(N)=O)c2ccccc2n1. The van der Waals surface area contributed by atoms with Crippen molar-refractivity contribution in [3.63, 3.8) is 0 Å². The van der Waals surface area contributed by atoms with Crippen LogP contribution in [0, 0.1) is 0 Å². The van der Waals surface area contributed by atoms with Crippen molar-refractivity contribution in [3.05, 3.63) is 35.9 Å². The number of benzene rings is 1. The zero-order chi connectivity index (χ0) is 16.3. The number of anilines is 1. The molecule has 0 fully saturated rings. The van der Waals surface area contributed by atoms with E-state index < -0.39 is 17.9 Å². The average molecular weight is 302 g/mol. The zero-order valence-electron chi connectivity index (χ0n) is 12.4. The first-order chi connectivity index (χ1) is 10.4. The van der Waals surface area contributed by atoms with Crippen molar-refractivity contribution in [2.75, 3.05) is 25.5 Å². The zero-order valence-corrected chi connectivity index (χ0v) is 12.4. The summed E-state index contributed by atoms with van der Waals surface area (Å²) in [5.41, 5.74) is 6.07. The molecule has 22 heavy (non-hydrogen) atoms. The molecule has 0 aliphatic carbocycles. The number of amides is 2. The van der Waals surface area contributed by atoms with Crippen molar-refractivity contribution in [1.29, 1.82) is 0 Å². The highest BCUT2D eigenvalue weighted by molar-refractivity contribution is 6.07. The molecule has 0 saturated heterocycles. The maximum atomic E-state index is 12.3. The molecular weight excluding hydrogens is 284 g/mol. The van der Waals surface area contributed by atoms with Gasteiger partial charge in [-0.25, -0.2) is 4.98 Å². The van der Waals surface area contributed by atoms with Crippen LogP contribution in [0.5, 0.6) is 0 Å². The van der Waals surface area contributed by atoms with Gasteiger partial charge in [0.15, 0.2) is 0 Å². The molecule has 2 amide bonds. The minimum atomic E-state index is -1.41. The maximum absolute atomic E-state index is 12.3. The summed E-state index contributed by atoms with van der Waals surface area (Å²) >= 11 is 0. The van der Waals surface area contributed by atoms with Gasteiger partial charge in [-0.1, -0.05) is 18.2 Å². The molecule has 2 aromatic rings. The van der Waals surface area contributed by atoms with Gasteiger partial charge in [0.1, 0.15) is 11.9 Å². The number of pyridine rings is 1. The lowest BCUT2D eigenvalue weighted by Crippen LogP contribution is -2.40. The Balaban J connectivity index is 2.36. The summed E-state index contributed by atoms with van der Waals surface area (Å²) in [4.78, 5) is 29.4. The summed E-state index contributed by atoms with van der Waals surface area (Å²) in [6.07, 6.45) is -1.41. The van der Waals surface area contributed by atoms with E-state index in [0.29, 0.717) is 22.3 Å². The molecule has 7 nitrogen and oxygen atoms in total. The van der Waals surface area contributed by atoms with Crippen LogP contribution in [0.1, 0.15) is 10.4 Å². The molecule has 1 heterocycles. The number of hydrogen-bond donors (Lipinski definition) is 3. The van der Waals surface area contributed by atoms with Gasteiger partial charge in [-0.3, -0.25) is 9.59 Å². The van der Waals surface area contributed by atoms with Crippen molar-refractivity contribution in [2.24, 2.45) is 5.73 Å². The number of fused-ring (bicyclic) bond motifs is 1. The lowest BCUT2D eigenvalue weighted by Gasteiger charge is -2.15. The molecular formula is C15H18N4O3. The van der Waals surface area contributed by atoms with Gasteiger partial charge in [-0.15, -0.1) is 0 Å². The van der Waals surface area contributed by atoms with Gasteiger partial charge in [0.2, 0.25) is 5.91 Å². The molecule has 0 spiro atoms. The lowest BCUT2D eigenvalue weighted by atomic mass is 10.1. The first-order valence-electron chi connectivity index (χ1n) is 6.73. The molecule has 0 unspecified atom stereocenters. The van der Waals surface area contributed by atoms with Gasteiger partial charge in [0.05, 0.1) is 17.6 Å². The Morgan fingerprint density at radius 3 is 2.68 bits per heavy atom. The minimum Gasteiger partial charge on any atom is -0.381 e. The summed E-state index contributed by atoms with van der Waals surface area (Å²) < 4.78 is 0. The number of carbonyl (C=O) groups is 2. The van der Waals surface area contributed by atoms with Crippen LogP contribution in [0.15, 0.2) is 30.3 Å². The number of nitrogens with zero attached hydrogens (tertiary/aromatic N) is 2. The van der Waals surface area contributed by atoms with E-state index in [4.69, 9.17) is 5.73 Å². The van der Waals surface area contributed by atoms with Gasteiger partial charge in [-0.2, -0.15) is 0 Å². The number of hydrogen-bond acceptors (Lipinski definition) is 5. The number of nitrogens with one attached hydrogen (secondary N) is 1. The van der Waals surface area contributed by atoms with Gasteiger partial charge < -0.3 is 21.1 Å². The largest absolute Gasteiger partial charge is 0.381 e. The molecule has 0 aliphatic rings. The standard InChI is InChI=1S/C15H18N4O3/c1-19(2)13-7-10(9-5-3-4-6-11(9)18-13)15(22)17-8-12(20)14(16)21/h3-7,12,20H,8H2,1-2H3,(H2,16,21)(H,17,22)/t12-/m1/s1. The normalized spacial score (nSPS) is 12.0. The number of carbonyl (C=O) groups excluding carboxylic acids is 2. The summed E-state index contributed by atoms with van der Waals surface area (Å²) in [6.45, 7) is -0.234. The van der Waals surface area contributed by atoms with E-state index in [0.717, 1.165) is 0 Å². The van der Waals surface area contributed by atoms with E-state index >= 15 is 0 Å². The van der Waals surface area contributed by atoms with Gasteiger partial charge in [0, 0.05) is 19.5 Å². The van der Waals surface area contributed by atoms with Crippen molar-refractivity contribution in [2.45, 2.75) is 6.10 Å². The van der Waals surface area contributed by atoms with Crippen molar-refractivity contribution in [1.82, 2.24) is 10.3 Å². The Morgan fingerprint density at radius 1 is 1.36 bits per heavy atom. The van der Waals surface area contributed by atoms with Crippen LogP contribution in [0.25, 0.3) is 10.9 Å². The molecule has 1 atom stereocenters. The maximum Gasteiger partial charge on any atom is 0.252 e. The Bertz CT molecular complexity index is 715. The molecule has 0 saturated carbocycles. The minimum absolute atomic E-state index is 0.234. The highest BCUT2D eigenvalue weighted by atomic mass is 16.3. The predicted octanol–water partition coefficient (Wildman–Crippen LogP) is -0.123. The van der Waals surface area contributed by atoms with Crippen LogP contribution >= 0.6 is 0 Å². The van der Waals surface area contributed by atoms with Crippen LogP contribution in [-0.4, -0.2) is 48.6 Å². The van der Waals surface area contributed by atoms with E-state index in [1.54, 1.807) is 17.0 Å². The second kappa shape index (κ2) is 6.40. The lowest BCUT2D eigenvalue weighted by molar-refractivity contribution is -0.125. The number of para-hydroxylation sites is 1. The van der Waals surface area contributed by atoms with Crippen molar-refractivity contribution in [3.8, 4) is 0 Å². The Labute approximate surface area is 127 Å². The summed E-state index contributed by atoms with van der Waals surface area (Å²) in [6, 6.07) is 8.93. The second-order valence-electron chi connectivity index (χ2n) is 5.07. The smallest absolute Gasteiger partial charge is 0.252 e. The summed E-state index contributed by atoms with van der Waals surface area (Å²) in [5.74, 6) is -0.643. The predicted molar refractivity (Wildman–Crippen MR) is 83.6 cm³/mol. The van der Waals surface area contributed by atoms with Gasteiger partial charge >= 0.3 is 0 Å². The number of nitrogens with two attached hydrogens (primary N) is 1. The first kappa shape index (κ1) is 15.7. The first-order valence-corrected chi connectivity index (χ1v) is 6.73. The fourth-order valence-electron chi connectivity index (χ4n) is 1.96. The number of aliphatic hydroxyl groups is 1. The van der Waals surface area contributed by atoms with Crippen molar-refractivity contribution < 1.29 is 14.7 Å². The van der Waals surface area contributed by atoms with Gasteiger partial charge in [-0.05, 0) is 12.1 Å². The van der Waals surface area contributed by atoms with Crippen LogP contribution in [0.4, 0.5) is 5.82 Å². The average Bonchev–Trinajstić information content (AvgIpc) is 2.50. The molecule has 0 bridgehead atoms. The molecule has 116 valence electrons. The molecule has 4 N–H and O–H groups in total. The van der Waals surface area contributed by atoms with Gasteiger partial charge in [0.25, 0.3) is 5.91 Å². The third kappa shape index (κ3) is 3.32. The molecule has 7 heteroatoms. The Hall–Kier alpha value is -2.67. The monoisotopic (exact) mass is 302 g/mol. The summed E-state index contributed by atoms with van der Waals surface area (Å²) in [5, 5.41) is 12.6.